The van der Waals surface area contributed by atoms with Crippen molar-refractivity contribution in [3.63, 3.8) is 0 Å². The molecular weight excluding hydrogens is 196 g/mol. The molecule has 0 aliphatic heterocycles. The second kappa shape index (κ2) is 8.08. The van der Waals surface area contributed by atoms with Gasteiger partial charge in [0.25, 0.3) is 0 Å². The molecular formula is C14H30N2. The first-order valence-corrected chi connectivity index (χ1v) is 7.16. The van der Waals surface area contributed by atoms with Gasteiger partial charge in [-0.3, -0.25) is 0 Å². The summed E-state index contributed by atoms with van der Waals surface area (Å²) >= 11 is 0. The molecule has 0 aromatic carbocycles. The fourth-order valence-corrected chi connectivity index (χ4v) is 2.20. The molecule has 0 spiro atoms. The van der Waals surface area contributed by atoms with Gasteiger partial charge in [0.2, 0.25) is 0 Å². The van der Waals surface area contributed by atoms with E-state index in [4.69, 9.17) is 0 Å². The second-order valence-electron chi connectivity index (χ2n) is 5.37. The van der Waals surface area contributed by atoms with Gasteiger partial charge in [-0.15, -0.1) is 0 Å². The van der Waals surface area contributed by atoms with Crippen LogP contribution in [0.2, 0.25) is 0 Å². The van der Waals surface area contributed by atoms with Crippen LogP contribution >= 0.6 is 0 Å². The first-order chi connectivity index (χ1) is 7.75. The van der Waals surface area contributed by atoms with E-state index >= 15 is 0 Å². The zero-order chi connectivity index (χ0) is 11.8. The van der Waals surface area contributed by atoms with Crippen LogP contribution in [0.1, 0.15) is 52.4 Å². The third-order valence-electron chi connectivity index (χ3n) is 3.85. The van der Waals surface area contributed by atoms with Crippen LogP contribution in [0.4, 0.5) is 0 Å². The summed E-state index contributed by atoms with van der Waals surface area (Å²) in [5.74, 6) is 0.995. The minimum absolute atomic E-state index is 0.793. The van der Waals surface area contributed by atoms with E-state index in [0.717, 1.165) is 18.5 Å². The zero-order valence-corrected chi connectivity index (χ0v) is 11.5. The number of nitrogens with zero attached hydrogens (tertiary/aromatic N) is 1. The SMILES string of the molecule is CCCCCCNCCN(C)C(C)C1CC1. The van der Waals surface area contributed by atoms with Gasteiger partial charge in [-0.2, -0.15) is 0 Å². The van der Waals surface area contributed by atoms with Crippen molar-refractivity contribution in [2.75, 3.05) is 26.7 Å². The molecule has 0 saturated heterocycles. The Balaban J connectivity index is 1.86. The van der Waals surface area contributed by atoms with E-state index in [9.17, 15) is 0 Å². The lowest BCUT2D eigenvalue weighted by Gasteiger charge is -2.24. The molecule has 1 atom stereocenters. The minimum Gasteiger partial charge on any atom is -0.315 e. The highest BCUT2D eigenvalue weighted by molar-refractivity contribution is 4.84. The van der Waals surface area contributed by atoms with Gasteiger partial charge in [0, 0.05) is 19.1 Å². The molecule has 1 unspecified atom stereocenters. The van der Waals surface area contributed by atoms with Crippen molar-refractivity contribution in [3.8, 4) is 0 Å². The van der Waals surface area contributed by atoms with Crippen molar-refractivity contribution in [1.29, 1.82) is 0 Å². The fourth-order valence-electron chi connectivity index (χ4n) is 2.20. The lowest BCUT2D eigenvalue weighted by Crippen LogP contribution is -2.36. The van der Waals surface area contributed by atoms with Crippen molar-refractivity contribution in [3.05, 3.63) is 0 Å². The number of nitrogens with one attached hydrogen (secondary N) is 1. The smallest absolute Gasteiger partial charge is 0.0107 e. The van der Waals surface area contributed by atoms with Crippen LogP contribution in [0.15, 0.2) is 0 Å². The van der Waals surface area contributed by atoms with Gasteiger partial charge in [-0.05, 0) is 45.7 Å². The molecule has 1 saturated carbocycles. The normalized spacial score (nSPS) is 18.0. The average molecular weight is 226 g/mol. The Morgan fingerprint density at radius 3 is 2.56 bits per heavy atom. The van der Waals surface area contributed by atoms with Crippen molar-refractivity contribution in [2.45, 2.75) is 58.4 Å². The van der Waals surface area contributed by atoms with Crippen LogP contribution in [0.5, 0.6) is 0 Å². The summed E-state index contributed by atoms with van der Waals surface area (Å²) in [6.07, 6.45) is 8.36. The summed E-state index contributed by atoms with van der Waals surface area (Å²) in [5.41, 5.74) is 0. The van der Waals surface area contributed by atoms with E-state index in [1.165, 1.54) is 51.6 Å². The van der Waals surface area contributed by atoms with Gasteiger partial charge >= 0.3 is 0 Å². The zero-order valence-electron chi connectivity index (χ0n) is 11.5. The van der Waals surface area contributed by atoms with E-state index in [-0.39, 0.29) is 0 Å². The predicted molar refractivity (Wildman–Crippen MR) is 71.8 cm³/mol. The van der Waals surface area contributed by atoms with E-state index in [1.54, 1.807) is 0 Å². The molecule has 1 fully saturated rings. The van der Waals surface area contributed by atoms with E-state index < -0.39 is 0 Å². The standard InChI is InChI=1S/C14H30N2/c1-4-5-6-7-10-15-11-12-16(3)13(2)14-8-9-14/h13-15H,4-12H2,1-3H3. The van der Waals surface area contributed by atoms with Crippen molar-refractivity contribution >= 4 is 0 Å². The first kappa shape index (κ1) is 14.0. The third-order valence-corrected chi connectivity index (χ3v) is 3.85. The Morgan fingerprint density at radius 1 is 1.19 bits per heavy atom. The summed E-state index contributed by atoms with van der Waals surface area (Å²) in [7, 11) is 2.27. The highest BCUT2D eigenvalue weighted by atomic mass is 15.1. The van der Waals surface area contributed by atoms with Crippen LogP contribution in [0, 0.1) is 5.92 Å². The highest BCUT2D eigenvalue weighted by Gasteiger charge is 2.29. The van der Waals surface area contributed by atoms with E-state index in [0.29, 0.717) is 0 Å². The minimum atomic E-state index is 0.793. The summed E-state index contributed by atoms with van der Waals surface area (Å²) in [6.45, 7) is 8.19. The monoisotopic (exact) mass is 226 g/mol. The molecule has 1 aliphatic rings. The second-order valence-corrected chi connectivity index (χ2v) is 5.37. The van der Waals surface area contributed by atoms with Gasteiger partial charge < -0.3 is 10.2 Å². The highest BCUT2D eigenvalue weighted by Crippen LogP contribution is 2.34. The van der Waals surface area contributed by atoms with Gasteiger partial charge in [0.15, 0.2) is 0 Å². The lowest BCUT2D eigenvalue weighted by molar-refractivity contribution is 0.235. The number of hydrogen-bond donors (Lipinski definition) is 1. The van der Waals surface area contributed by atoms with Crippen LogP contribution in [-0.2, 0) is 0 Å². The summed E-state index contributed by atoms with van der Waals surface area (Å²) in [5, 5.41) is 3.55. The Hall–Kier alpha value is -0.0800. The van der Waals surface area contributed by atoms with Crippen molar-refractivity contribution in [2.24, 2.45) is 5.92 Å². The Kier molecular flexibility index (Phi) is 7.06. The Morgan fingerprint density at radius 2 is 1.94 bits per heavy atom. The Labute approximate surface area is 102 Å². The molecule has 2 nitrogen and oxygen atoms in total. The lowest BCUT2D eigenvalue weighted by atomic mass is 10.2. The van der Waals surface area contributed by atoms with Gasteiger partial charge in [-0.1, -0.05) is 26.2 Å². The largest absolute Gasteiger partial charge is 0.315 e. The topological polar surface area (TPSA) is 15.3 Å². The summed E-state index contributed by atoms with van der Waals surface area (Å²) in [6, 6.07) is 0.793. The molecule has 0 bridgehead atoms. The van der Waals surface area contributed by atoms with Crippen LogP contribution < -0.4 is 5.32 Å². The maximum atomic E-state index is 3.55. The van der Waals surface area contributed by atoms with Crippen molar-refractivity contribution in [1.82, 2.24) is 10.2 Å². The molecule has 96 valence electrons. The molecule has 0 heterocycles. The average Bonchev–Trinajstić information content (AvgIpc) is 3.10. The molecule has 1 rings (SSSR count). The molecule has 0 aromatic rings. The molecule has 1 aliphatic carbocycles. The molecule has 0 radical (unpaired) electrons. The third kappa shape index (κ3) is 5.86. The van der Waals surface area contributed by atoms with Crippen LogP contribution in [-0.4, -0.2) is 37.6 Å². The number of hydrogen-bond acceptors (Lipinski definition) is 2. The Bertz CT molecular complexity index is 166. The number of rotatable bonds is 10. The first-order valence-electron chi connectivity index (χ1n) is 7.16. The van der Waals surface area contributed by atoms with Crippen LogP contribution in [0.25, 0.3) is 0 Å². The van der Waals surface area contributed by atoms with Gasteiger partial charge in [-0.25, -0.2) is 0 Å². The maximum Gasteiger partial charge on any atom is 0.0107 e. The molecule has 0 amide bonds. The molecule has 0 aromatic heterocycles. The van der Waals surface area contributed by atoms with E-state index in [2.05, 4.69) is 31.1 Å². The van der Waals surface area contributed by atoms with Crippen LogP contribution in [0.3, 0.4) is 0 Å². The van der Waals surface area contributed by atoms with Gasteiger partial charge in [0.1, 0.15) is 0 Å². The fraction of sp³-hybridized carbons (Fsp3) is 1.00. The molecule has 16 heavy (non-hydrogen) atoms. The molecule has 2 heteroatoms. The van der Waals surface area contributed by atoms with E-state index in [1.807, 2.05) is 0 Å². The van der Waals surface area contributed by atoms with Gasteiger partial charge in [0.05, 0.1) is 0 Å². The summed E-state index contributed by atoms with van der Waals surface area (Å²) < 4.78 is 0. The van der Waals surface area contributed by atoms with Crippen molar-refractivity contribution < 1.29 is 0 Å². The predicted octanol–water partition coefficient (Wildman–Crippen LogP) is 2.89. The maximum absolute atomic E-state index is 3.55. The molecule has 1 N–H and O–H groups in total. The summed E-state index contributed by atoms with van der Waals surface area (Å²) in [4.78, 5) is 2.51. The number of likely N-dealkylation sites (N-methyl/N-ethyl adjacent to an activating group) is 1. The quantitative estimate of drug-likeness (QED) is 0.576. The number of unbranched alkanes of at least 4 members (excludes halogenated alkanes) is 3.